The highest BCUT2D eigenvalue weighted by atomic mass is 32.2. The minimum atomic E-state index is -3.07. The number of methoxy groups -OCH3 is 2. The summed E-state index contributed by atoms with van der Waals surface area (Å²) in [6.07, 6.45) is 0.377. The lowest BCUT2D eigenvalue weighted by Crippen LogP contribution is -2.37. The van der Waals surface area contributed by atoms with Gasteiger partial charge >= 0.3 is 0 Å². The van der Waals surface area contributed by atoms with Crippen LogP contribution in [-0.4, -0.2) is 61.4 Å². The van der Waals surface area contributed by atoms with Crippen LogP contribution in [0.15, 0.2) is 23.2 Å². The van der Waals surface area contributed by atoms with E-state index in [0.717, 1.165) is 5.56 Å². The van der Waals surface area contributed by atoms with Gasteiger partial charge in [0.15, 0.2) is 26.5 Å². The molecule has 0 bridgehead atoms. The highest BCUT2D eigenvalue weighted by Gasteiger charge is 2.48. The zero-order chi connectivity index (χ0) is 20.5. The van der Waals surface area contributed by atoms with E-state index in [0.29, 0.717) is 29.6 Å². The fourth-order valence-electron chi connectivity index (χ4n) is 3.50. The molecule has 0 unspecified atom stereocenters. The largest absolute Gasteiger partial charge is 0.493 e. The van der Waals surface area contributed by atoms with Gasteiger partial charge in [-0.3, -0.25) is 4.79 Å². The lowest BCUT2D eigenvalue weighted by atomic mass is 10.1. The van der Waals surface area contributed by atoms with Crippen molar-refractivity contribution in [3.8, 4) is 11.5 Å². The Labute approximate surface area is 170 Å². The molecule has 9 heteroatoms. The van der Waals surface area contributed by atoms with E-state index < -0.39 is 9.84 Å². The van der Waals surface area contributed by atoms with E-state index in [1.54, 1.807) is 14.2 Å². The van der Waals surface area contributed by atoms with Crippen LogP contribution >= 0.6 is 11.8 Å². The number of ether oxygens (including phenoxy) is 2. The van der Waals surface area contributed by atoms with Crippen LogP contribution < -0.4 is 9.47 Å². The van der Waals surface area contributed by atoms with E-state index in [1.807, 2.05) is 36.9 Å². The van der Waals surface area contributed by atoms with Gasteiger partial charge in [-0.15, -0.1) is 0 Å². The smallest absolute Gasteiger partial charge is 0.248 e. The van der Waals surface area contributed by atoms with Crippen molar-refractivity contribution in [1.82, 2.24) is 4.90 Å². The van der Waals surface area contributed by atoms with Crippen LogP contribution in [0, 0.1) is 5.92 Å². The number of carbonyl (C=O) groups is 1. The van der Waals surface area contributed by atoms with Crippen molar-refractivity contribution in [2.75, 3.05) is 25.7 Å². The van der Waals surface area contributed by atoms with Crippen molar-refractivity contribution >= 4 is 32.7 Å². The van der Waals surface area contributed by atoms with Gasteiger partial charge in [-0.1, -0.05) is 31.7 Å². The molecule has 0 radical (unpaired) electrons. The van der Waals surface area contributed by atoms with Crippen molar-refractivity contribution in [2.24, 2.45) is 10.9 Å². The monoisotopic (exact) mass is 426 g/mol. The van der Waals surface area contributed by atoms with Crippen LogP contribution in [0.3, 0.4) is 0 Å². The molecule has 2 aliphatic heterocycles. The highest BCUT2D eigenvalue weighted by molar-refractivity contribution is 8.15. The second-order valence-corrected chi connectivity index (χ2v) is 10.9. The maximum Gasteiger partial charge on any atom is 0.248 e. The number of fused-ring (bicyclic) bond motifs is 1. The average Bonchev–Trinajstić information content (AvgIpc) is 3.06. The van der Waals surface area contributed by atoms with Crippen molar-refractivity contribution < 1.29 is 22.7 Å². The van der Waals surface area contributed by atoms with Gasteiger partial charge in [0, 0.05) is 18.2 Å². The van der Waals surface area contributed by atoms with Crippen LogP contribution in [-0.2, 0) is 21.2 Å². The number of aliphatic imine (C=N–C) groups is 1. The maximum absolute atomic E-state index is 12.3. The summed E-state index contributed by atoms with van der Waals surface area (Å²) in [4.78, 5) is 18.5. The standard InChI is InChI=1S/C19H26N2O5S2/c1-12(2)7-18(22)20-19-21(14-10-28(23,24)11-17(14)27-19)9-13-5-6-15(25-3)16(8-13)26-4/h5-6,8,12,14,17H,7,9-11H2,1-4H3/t14-,17+/m1/s1. The first kappa shape index (κ1) is 21.0. The number of thioether (sulfide) groups is 1. The SMILES string of the molecule is COc1ccc(CN2C(=NC(=O)CC(C)C)S[C@H]3CS(=O)(=O)C[C@H]32)cc1OC. The molecule has 0 aromatic heterocycles. The molecule has 2 fully saturated rings. The van der Waals surface area contributed by atoms with Gasteiger partial charge < -0.3 is 14.4 Å². The molecule has 28 heavy (non-hydrogen) atoms. The third-order valence-electron chi connectivity index (χ3n) is 4.78. The van der Waals surface area contributed by atoms with E-state index in [4.69, 9.17) is 9.47 Å². The van der Waals surface area contributed by atoms with Crippen molar-refractivity contribution in [3.63, 3.8) is 0 Å². The van der Waals surface area contributed by atoms with E-state index in [1.165, 1.54) is 11.8 Å². The van der Waals surface area contributed by atoms with Gasteiger partial charge in [-0.2, -0.15) is 4.99 Å². The van der Waals surface area contributed by atoms with Gasteiger partial charge in [0.25, 0.3) is 0 Å². The number of hydrogen-bond acceptors (Lipinski definition) is 6. The number of rotatable bonds is 6. The molecule has 1 aromatic rings. The van der Waals surface area contributed by atoms with Crippen molar-refractivity contribution in [3.05, 3.63) is 23.8 Å². The quantitative estimate of drug-likeness (QED) is 0.690. The second kappa shape index (κ2) is 8.32. The Hall–Kier alpha value is -1.74. The summed E-state index contributed by atoms with van der Waals surface area (Å²) in [5.41, 5.74) is 0.937. The Balaban J connectivity index is 1.89. The third-order valence-corrected chi connectivity index (χ3v) is 8.03. The summed E-state index contributed by atoms with van der Waals surface area (Å²) in [6, 6.07) is 5.43. The molecule has 0 aliphatic carbocycles. The molecule has 2 aliphatic rings. The molecule has 1 amide bonds. The lowest BCUT2D eigenvalue weighted by Gasteiger charge is -2.25. The van der Waals surface area contributed by atoms with Gasteiger partial charge in [0.05, 0.1) is 31.8 Å². The maximum atomic E-state index is 12.3. The third kappa shape index (κ3) is 4.63. The molecule has 3 rings (SSSR count). The lowest BCUT2D eigenvalue weighted by molar-refractivity contribution is -0.118. The van der Waals surface area contributed by atoms with Crippen LogP contribution in [0.5, 0.6) is 11.5 Å². The number of amidine groups is 1. The Morgan fingerprint density at radius 3 is 2.61 bits per heavy atom. The summed E-state index contributed by atoms with van der Waals surface area (Å²) < 4.78 is 34.9. The first-order valence-electron chi connectivity index (χ1n) is 9.18. The molecule has 7 nitrogen and oxygen atoms in total. The number of benzene rings is 1. The molecule has 154 valence electrons. The molecule has 0 N–H and O–H groups in total. The number of amides is 1. The number of carbonyl (C=O) groups excluding carboxylic acids is 1. The van der Waals surface area contributed by atoms with E-state index >= 15 is 0 Å². The number of hydrogen-bond donors (Lipinski definition) is 0. The van der Waals surface area contributed by atoms with Gasteiger partial charge in [-0.05, 0) is 23.6 Å². The van der Waals surface area contributed by atoms with Crippen molar-refractivity contribution in [1.29, 1.82) is 0 Å². The van der Waals surface area contributed by atoms with Gasteiger partial charge in [-0.25, -0.2) is 8.42 Å². The summed E-state index contributed by atoms with van der Waals surface area (Å²) in [7, 11) is 0.0787. The zero-order valence-electron chi connectivity index (χ0n) is 16.5. The van der Waals surface area contributed by atoms with Gasteiger partial charge in [0.1, 0.15) is 0 Å². The predicted octanol–water partition coefficient (Wildman–Crippen LogP) is 2.35. The Morgan fingerprint density at radius 1 is 1.25 bits per heavy atom. The normalized spacial score (nSPS) is 24.6. The Morgan fingerprint density at radius 2 is 1.96 bits per heavy atom. The molecular weight excluding hydrogens is 400 g/mol. The summed E-state index contributed by atoms with van der Waals surface area (Å²) in [5, 5.41) is 0.529. The molecule has 0 saturated carbocycles. The first-order chi connectivity index (χ1) is 13.2. The molecule has 0 spiro atoms. The zero-order valence-corrected chi connectivity index (χ0v) is 18.2. The number of nitrogens with zero attached hydrogens (tertiary/aromatic N) is 2. The topological polar surface area (TPSA) is 85.3 Å². The Bertz CT molecular complexity index is 882. The average molecular weight is 427 g/mol. The van der Waals surface area contributed by atoms with Crippen LogP contribution in [0.25, 0.3) is 0 Å². The molecule has 2 saturated heterocycles. The molecule has 2 atom stereocenters. The second-order valence-electron chi connectivity index (χ2n) is 7.50. The summed E-state index contributed by atoms with van der Waals surface area (Å²) in [6.45, 7) is 4.41. The van der Waals surface area contributed by atoms with E-state index in [-0.39, 0.29) is 34.6 Å². The molecule has 1 aromatic carbocycles. The van der Waals surface area contributed by atoms with Crippen LogP contribution in [0.2, 0.25) is 0 Å². The van der Waals surface area contributed by atoms with Crippen LogP contribution in [0.4, 0.5) is 0 Å². The summed E-state index contributed by atoms with van der Waals surface area (Å²) >= 11 is 1.40. The summed E-state index contributed by atoms with van der Waals surface area (Å²) in [5.74, 6) is 1.51. The van der Waals surface area contributed by atoms with Gasteiger partial charge in [0.2, 0.25) is 5.91 Å². The minimum absolute atomic E-state index is 0.0873. The van der Waals surface area contributed by atoms with E-state index in [9.17, 15) is 13.2 Å². The van der Waals surface area contributed by atoms with Crippen molar-refractivity contribution in [2.45, 2.75) is 38.1 Å². The fraction of sp³-hybridized carbons (Fsp3) is 0.579. The highest BCUT2D eigenvalue weighted by Crippen LogP contribution is 2.39. The first-order valence-corrected chi connectivity index (χ1v) is 11.9. The Kier molecular flexibility index (Phi) is 6.24. The fourth-order valence-corrected chi connectivity index (χ4v) is 7.47. The predicted molar refractivity (Wildman–Crippen MR) is 111 cm³/mol. The molecular formula is C19H26N2O5S2. The van der Waals surface area contributed by atoms with Crippen LogP contribution in [0.1, 0.15) is 25.8 Å². The molecule has 2 heterocycles. The number of sulfone groups is 1. The van der Waals surface area contributed by atoms with E-state index in [2.05, 4.69) is 4.99 Å². The minimum Gasteiger partial charge on any atom is -0.493 e.